The summed E-state index contributed by atoms with van der Waals surface area (Å²) in [6.07, 6.45) is 1.23. The molecule has 1 aromatic heterocycles. The van der Waals surface area contributed by atoms with Crippen LogP contribution in [0.25, 0.3) is 17.1 Å². The van der Waals surface area contributed by atoms with Gasteiger partial charge >= 0.3 is 0 Å². The van der Waals surface area contributed by atoms with E-state index in [1.165, 1.54) is 18.2 Å². The number of hydrogen-bond donors (Lipinski definition) is 1. The van der Waals surface area contributed by atoms with E-state index in [1.807, 2.05) is 13.8 Å². The summed E-state index contributed by atoms with van der Waals surface area (Å²) in [5.74, 6) is -0.370. The first-order valence-electron chi connectivity index (χ1n) is 9.23. The highest BCUT2D eigenvalue weighted by Gasteiger charge is 2.48. The van der Waals surface area contributed by atoms with Crippen LogP contribution in [0.3, 0.4) is 0 Å². The largest absolute Gasteiger partial charge is 0.507 e. The summed E-state index contributed by atoms with van der Waals surface area (Å²) < 4.78 is 19.7. The average molecular weight is 370 g/mol. The van der Waals surface area contributed by atoms with Crippen molar-refractivity contribution >= 4 is 11.5 Å². The van der Waals surface area contributed by atoms with Gasteiger partial charge in [-0.3, -0.25) is 9.59 Å². The third-order valence-electron chi connectivity index (χ3n) is 5.62. The summed E-state index contributed by atoms with van der Waals surface area (Å²) >= 11 is 0. The molecule has 5 heteroatoms. The predicted octanol–water partition coefficient (Wildman–Crippen LogP) is 5.07. The second kappa shape index (κ2) is 6.80. The number of aryl methyl sites for hydroxylation is 1. The van der Waals surface area contributed by atoms with Gasteiger partial charge in [0.15, 0.2) is 11.2 Å². The van der Waals surface area contributed by atoms with Crippen molar-refractivity contribution in [2.75, 3.05) is 0 Å². The molecule has 0 amide bonds. The van der Waals surface area contributed by atoms with Crippen LogP contribution in [0.15, 0.2) is 39.1 Å². The highest BCUT2D eigenvalue weighted by molar-refractivity contribution is 6.10. The van der Waals surface area contributed by atoms with Crippen molar-refractivity contribution in [1.82, 2.24) is 0 Å². The maximum absolute atomic E-state index is 13.6. The van der Waals surface area contributed by atoms with Crippen molar-refractivity contribution in [3.63, 3.8) is 0 Å². The molecule has 3 rings (SSSR count). The Morgan fingerprint density at radius 3 is 2.33 bits per heavy atom. The molecule has 1 heterocycles. The lowest BCUT2D eigenvalue weighted by molar-refractivity contribution is -0.122. The second-order valence-corrected chi connectivity index (χ2v) is 6.94. The van der Waals surface area contributed by atoms with E-state index in [-0.39, 0.29) is 40.0 Å². The SMILES string of the molecule is CCC1=C(O)c2c(oc(-c3ccc(F)c(C)c3)cc2=O)C(CC)(CC)C1=O. The van der Waals surface area contributed by atoms with Crippen molar-refractivity contribution in [2.45, 2.75) is 52.4 Å². The van der Waals surface area contributed by atoms with Crippen LogP contribution in [-0.4, -0.2) is 10.9 Å². The van der Waals surface area contributed by atoms with Crippen LogP contribution in [0.5, 0.6) is 0 Å². The first kappa shape index (κ1) is 19.1. The Hall–Kier alpha value is -2.69. The smallest absolute Gasteiger partial charge is 0.196 e. The number of hydrogen-bond acceptors (Lipinski definition) is 4. The fourth-order valence-electron chi connectivity index (χ4n) is 3.87. The molecule has 0 saturated heterocycles. The number of ketones is 1. The lowest BCUT2D eigenvalue weighted by atomic mass is 9.68. The lowest BCUT2D eigenvalue weighted by Crippen LogP contribution is -2.41. The first-order valence-corrected chi connectivity index (χ1v) is 9.23. The zero-order valence-electron chi connectivity index (χ0n) is 16.0. The van der Waals surface area contributed by atoms with E-state index < -0.39 is 10.8 Å². The van der Waals surface area contributed by atoms with Crippen molar-refractivity contribution in [2.24, 2.45) is 0 Å². The number of rotatable bonds is 4. The van der Waals surface area contributed by atoms with E-state index in [0.717, 1.165) is 0 Å². The second-order valence-electron chi connectivity index (χ2n) is 6.94. The molecular weight excluding hydrogens is 347 g/mol. The van der Waals surface area contributed by atoms with E-state index in [2.05, 4.69) is 0 Å². The fourth-order valence-corrected chi connectivity index (χ4v) is 3.87. The highest BCUT2D eigenvalue weighted by atomic mass is 19.1. The van der Waals surface area contributed by atoms with Crippen LogP contribution in [0.1, 0.15) is 56.9 Å². The maximum Gasteiger partial charge on any atom is 0.196 e. The Labute approximate surface area is 157 Å². The topological polar surface area (TPSA) is 67.5 Å². The van der Waals surface area contributed by atoms with E-state index in [4.69, 9.17) is 4.42 Å². The minimum absolute atomic E-state index is 0.0673. The Morgan fingerprint density at radius 1 is 1.11 bits per heavy atom. The zero-order valence-corrected chi connectivity index (χ0v) is 16.0. The summed E-state index contributed by atoms with van der Waals surface area (Å²) in [5, 5.41) is 10.6. The van der Waals surface area contributed by atoms with E-state index in [0.29, 0.717) is 30.4 Å². The van der Waals surface area contributed by atoms with Gasteiger partial charge in [0.2, 0.25) is 0 Å². The van der Waals surface area contributed by atoms with Crippen LogP contribution >= 0.6 is 0 Å². The van der Waals surface area contributed by atoms with Crippen LogP contribution in [-0.2, 0) is 10.2 Å². The van der Waals surface area contributed by atoms with Crippen molar-refractivity contribution < 1.29 is 18.7 Å². The molecule has 0 spiro atoms. The number of carbonyl (C=O) groups excluding carboxylic acids is 1. The first-order chi connectivity index (χ1) is 12.8. The molecule has 142 valence electrons. The van der Waals surface area contributed by atoms with Gasteiger partial charge < -0.3 is 9.52 Å². The average Bonchev–Trinajstić information content (AvgIpc) is 2.65. The summed E-state index contributed by atoms with van der Waals surface area (Å²) in [6.45, 7) is 7.15. The third kappa shape index (κ3) is 2.73. The van der Waals surface area contributed by atoms with Gasteiger partial charge in [-0.15, -0.1) is 0 Å². The Balaban J connectivity index is 2.36. The summed E-state index contributed by atoms with van der Waals surface area (Å²) in [4.78, 5) is 26.0. The number of carbonyl (C=O) groups is 1. The molecule has 1 aromatic carbocycles. The summed E-state index contributed by atoms with van der Waals surface area (Å²) in [7, 11) is 0. The number of Topliss-reactive ketones (excluding diaryl/α,β-unsaturated/α-hetero) is 1. The molecule has 0 fully saturated rings. The summed E-state index contributed by atoms with van der Waals surface area (Å²) in [6, 6.07) is 5.73. The van der Waals surface area contributed by atoms with E-state index in [9.17, 15) is 19.1 Å². The number of aliphatic hydroxyl groups is 1. The predicted molar refractivity (Wildman–Crippen MR) is 102 cm³/mol. The molecule has 1 N–H and O–H groups in total. The molecule has 0 unspecified atom stereocenters. The Bertz CT molecular complexity index is 1010. The number of allylic oxidation sites excluding steroid dienone is 1. The van der Waals surface area contributed by atoms with Gasteiger partial charge in [0.25, 0.3) is 0 Å². The molecule has 0 aliphatic heterocycles. The molecule has 0 radical (unpaired) electrons. The van der Waals surface area contributed by atoms with Crippen LogP contribution in [0.4, 0.5) is 4.39 Å². The van der Waals surface area contributed by atoms with E-state index in [1.54, 1.807) is 19.9 Å². The van der Waals surface area contributed by atoms with Gasteiger partial charge in [-0.1, -0.05) is 20.8 Å². The van der Waals surface area contributed by atoms with Crippen LogP contribution in [0, 0.1) is 12.7 Å². The number of halogens is 1. The molecule has 0 bridgehead atoms. The monoisotopic (exact) mass is 370 g/mol. The highest BCUT2D eigenvalue weighted by Crippen LogP contribution is 2.44. The van der Waals surface area contributed by atoms with Gasteiger partial charge in [0.1, 0.15) is 28.7 Å². The molecule has 27 heavy (non-hydrogen) atoms. The van der Waals surface area contributed by atoms with Crippen molar-refractivity contribution in [1.29, 1.82) is 0 Å². The minimum Gasteiger partial charge on any atom is -0.507 e. The van der Waals surface area contributed by atoms with E-state index >= 15 is 0 Å². The van der Waals surface area contributed by atoms with Gasteiger partial charge in [-0.05, 0) is 49.9 Å². The molecule has 1 aliphatic carbocycles. The van der Waals surface area contributed by atoms with Crippen molar-refractivity contribution in [3.05, 3.63) is 62.8 Å². The normalized spacial score (nSPS) is 15.8. The van der Waals surface area contributed by atoms with Crippen molar-refractivity contribution in [3.8, 4) is 11.3 Å². The van der Waals surface area contributed by atoms with Crippen LogP contribution in [0.2, 0.25) is 0 Å². The Morgan fingerprint density at radius 2 is 1.78 bits per heavy atom. The number of benzene rings is 1. The maximum atomic E-state index is 13.6. The molecule has 1 aliphatic rings. The van der Waals surface area contributed by atoms with Gasteiger partial charge in [0.05, 0.1) is 5.41 Å². The molecular formula is C22H23FO4. The lowest BCUT2D eigenvalue weighted by Gasteiger charge is -2.35. The standard InChI is InChI=1S/C22H23FO4/c1-5-14-19(25)18-16(24)11-17(13-8-9-15(23)12(4)10-13)27-21(18)22(6-2,7-3)20(14)26/h8-11,25H,5-7H2,1-4H3. The van der Waals surface area contributed by atoms with Gasteiger partial charge in [-0.2, -0.15) is 0 Å². The van der Waals surface area contributed by atoms with Gasteiger partial charge in [-0.25, -0.2) is 4.39 Å². The zero-order chi connectivity index (χ0) is 19.9. The minimum atomic E-state index is -0.989. The molecule has 2 aromatic rings. The van der Waals surface area contributed by atoms with Crippen LogP contribution < -0.4 is 5.43 Å². The summed E-state index contributed by atoms with van der Waals surface area (Å²) in [5.41, 5.74) is -0.0849. The van der Waals surface area contributed by atoms with Gasteiger partial charge in [0, 0.05) is 17.2 Å². The quantitative estimate of drug-likeness (QED) is 0.815. The number of fused-ring (bicyclic) bond motifs is 1. The molecule has 0 saturated carbocycles. The fraction of sp³-hybridized carbons (Fsp3) is 0.364. The molecule has 4 nitrogen and oxygen atoms in total. The Kier molecular flexibility index (Phi) is 4.81. The third-order valence-corrected chi connectivity index (χ3v) is 5.62. The number of aliphatic hydroxyl groups excluding tert-OH is 1. The molecule has 0 atom stereocenters.